The van der Waals surface area contributed by atoms with Crippen LogP contribution in [0.15, 0.2) is 35.5 Å². The predicted octanol–water partition coefficient (Wildman–Crippen LogP) is 2.87. The standard InChI is InChI=1S/C17H20FN5OS/c1-3-17(7-9-25-16(19)21-17)12-10-11(4-5-13(12)18)20-15(24)14-6-8-23(2)22-14/h4-6,8,10H,3,7,9H2,1-2H3,(H2,19,21)(H,20,24). The Kier molecular flexibility index (Phi) is 4.80. The minimum absolute atomic E-state index is 0.301. The van der Waals surface area contributed by atoms with Gasteiger partial charge in [-0.05, 0) is 37.1 Å². The number of nitrogens with two attached hydrogens (primary N) is 1. The van der Waals surface area contributed by atoms with Crippen molar-refractivity contribution < 1.29 is 9.18 Å². The van der Waals surface area contributed by atoms with Crippen molar-refractivity contribution >= 4 is 28.5 Å². The van der Waals surface area contributed by atoms with Gasteiger partial charge in [-0.3, -0.25) is 14.5 Å². The van der Waals surface area contributed by atoms with Crippen LogP contribution < -0.4 is 11.1 Å². The molecular formula is C17H20FN5OS. The van der Waals surface area contributed by atoms with E-state index in [0.29, 0.717) is 35.0 Å². The van der Waals surface area contributed by atoms with Gasteiger partial charge in [-0.1, -0.05) is 18.7 Å². The maximum atomic E-state index is 14.5. The maximum Gasteiger partial charge on any atom is 0.276 e. The van der Waals surface area contributed by atoms with Gasteiger partial charge in [-0.15, -0.1) is 0 Å². The molecule has 0 saturated carbocycles. The number of aliphatic imine (C=N–C) groups is 1. The van der Waals surface area contributed by atoms with Crippen LogP contribution in [0.4, 0.5) is 10.1 Å². The van der Waals surface area contributed by atoms with E-state index in [1.807, 2.05) is 6.92 Å². The molecule has 0 aliphatic carbocycles. The second kappa shape index (κ2) is 6.87. The van der Waals surface area contributed by atoms with Crippen LogP contribution in [0.25, 0.3) is 0 Å². The number of nitrogens with zero attached hydrogens (tertiary/aromatic N) is 3. The van der Waals surface area contributed by atoms with Crippen molar-refractivity contribution in [2.24, 2.45) is 17.8 Å². The van der Waals surface area contributed by atoms with Crippen molar-refractivity contribution in [1.29, 1.82) is 0 Å². The third-order valence-corrected chi connectivity index (χ3v) is 5.14. The number of nitrogens with one attached hydrogen (secondary N) is 1. The number of thioether (sulfide) groups is 1. The Balaban J connectivity index is 1.93. The Bertz CT molecular complexity index is 834. The van der Waals surface area contributed by atoms with Crippen molar-refractivity contribution in [3.8, 4) is 0 Å². The summed E-state index contributed by atoms with van der Waals surface area (Å²) in [4.78, 5) is 16.8. The van der Waals surface area contributed by atoms with Crippen LogP contribution in [0.2, 0.25) is 0 Å². The van der Waals surface area contributed by atoms with Gasteiger partial charge in [0.15, 0.2) is 10.9 Å². The molecule has 6 nitrogen and oxygen atoms in total. The van der Waals surface area contributed by atoms with Gasteiger partial charge in [0, 0.05) is 30.2 Å². The number of anilines is 1. The zero-order valence-electron chi connectivity index (χ0n) is 14.1. The zero-order valence-corrected chi connectivity index (χ0v) is 14.9. The van der Waals surface area contributed by atoms with Crippen molar-refractivity contribution in [2.45, 2.75) is 25.3 Å². The van der Waals surface area contributed by atoms with E-state index >= 15 is 0 Å². The molecule has 0 bridgehead atoms. The Labute approximate surface area is 149 Å². The van der Waals surface area contributed by atoms with Crippen molar-refractivity contribution in [3.05, 3.63) is 47.5 Å². The van der Waals surface area contributed by atoms with E-state index in [9.17, 15) is 9.18 Å². The molecule has 1 aliphatic rings. The quantitative estimate of drug-likeness (QED) is 0.877. The molecule has 8 heteroatoms. The zero-order chi connectivity index (χ0) is 18.0. The van der Waals surface area contributed by atoms with Crippen LogP contribution >= 0.6 is 11.8 Å². The van der Waals surface area contributed by atoms with Gasteiger partial charge in [-0.2, -0.15) is 5.10 Å². The number of amides is 1. The number of aryl methyl sites for hydroxylation is 1. The summed E-state index contributed by atoms with van der Waals surface area (Å²) in [7, 11) is 1.74. The number of carbonyl (C=O) groups is 1. The monoisotopic (exact) mass is 361 g/mol. The number of hydrogen-bond donors (Lipinski definition) is 2. The molecule has 1 aliphatic heterocycles. The van der Waals surface area contributed by atoms with Crippen LogP contribution in [-0.2, 0) is 12.6 Å². The lowest BCUT2D eigenvalue weighted by molar-refractivity contribution is 0.102. The number of amidine groups is 1. The lowest BCUT2D eigenvalue weighted by Gasteiger charge is -2.33. The number of hydrogen-bond acceptors (Lipinski definition) is 5. The third kappa shape index (κ3) is 3.53. The number of rotatable bonds is 4. The maximum absolute atomic E-state index is 14.5. The highest BCUT2D eigenvalue weighted by molar-refractivity contribution is 8.13. The first-order valence-electron chi connectivity index (χ1n) is 8.03. The molecule has 132 valence electrons. The summed E-state index contributed by atoms with van der Waals surface area (Å²) in [5.41, 5.74) is 6.45. The summed E-state index contributed by atoms with van der Waals surface area (Å²) in [5.74, 6) is 0.0969. The highest BCUT2D eigenvalue weighted by atomic mass is 32.2. The normalized spacial score (nSPS) is 20.2. The highest BCUT2D eigenvalue weighted by Crippen LogP contribution is 2.40. The summed E-state index contributed by atoms with van der Waals surface area (Å²) < 4.78 is 16.1. The molecule has 0 saturated heterocycles. The molecule has 1 atom stereocenters. The van der Waals surface area contributed by atoms with Gasteiger partial charge in [0.2, 0.25) is 0 Å². The lowest BCUT2D eigenvalue weighted by Crippen LogP contribution is -2.32. The van der Waals surface area contributed by atoms with Crippen LogP contribution in [0.3, 0.4) is 0 Å². The van der Waals surface area contributed by atoms with Gasteiger partial charge in [0.1, 0.15) is 5.82 Å². The fourth-order valence-corrected chi connectivity index (χ4v) is 3.84. The fourth-order valence-electron chi connectivity index (χ4n) is 2.96. The van der Waals surface area contributed by atoms with Crippen molar-refractivity contribution in [3.63, 3.8) is 0 Å². The Morgan fingerprint density at radius 1 is 1.48 bits per heavy atom. The van der Waals surface area contributed by atoms with E-state index in [-0.39, 0.29) is 11.7 Å². The molecule has 0 radical (unpaired) electrons. The third-order valence-electron chi connectivity index (χ3n) is 4.35. The Morgan fingerprint density at radius 2 is 2.28 bits per heavy atom. The predicted molar refractivity (Wildman–Crippen MR) is 98.2 cm³/mol. The minimum Gasteiger partial charge on any atom is -0.379 e. The Hall–Kier alpha value is -2.35. The number of benzene rings is 1. The van der Waals surface area contributed by atoms with Gasteiger partial charge in [0.25, 0.3) is 5.91 Å². The Morgan fingerprint density at radius 3 is 2.92 bits per heavy atom. The van der Waals surface area contributed by atoms with Gasteiger partial charge >= 0.3 is 0 Å². The summed E-state index contributed by atoms with van der Waals surface area (Å²) in [5, 5.41) is 7.30. The fraction of sp³-hybridized carbons (Fsp3) is 0.353. The van der Waals surface area contributed by atoms with Crippen LogP contribution in [0.5, 0.6) is 0 Å². The summed E-state index contributed by atoms with van der Waals surface area (Å²) in [6.07, 6.45) is 3.01. The molecule has 2 heterocycles. The molecule has 1 aromatic heterocycles. The summed E-state index contributed by atoms with van der Waals surface area (Å²) in [6.45, 7) is 1.96. The molecule has 3 rings (SSSR count). The molecule has 1 amide bonds. The van der Waals surface area contributed by atoms with Gasteiger partial charge < -0.3 is 11.1 Å². The first kappa shape index (κ1) is 17.5. The van der Waals surface area contributed by atoms with E-state index in [1.165, 1.54) is 23.9 Å². The second-order valence-corrected chi connectivity index (χ2v) is 7.07. The molecule has 1 unspecified atom stereocenters. The molecule has 1 aromatic carbocycles. The molecule has 25 heavy (non-hydrogen) atoms. The van der Waals surface area contributed by atoms with Gasteiger partial charge in [0.05, 0.1) is 5.54 Å². The minimum atomic E-state index is -0.689. The van der Waals surface area contributed by atoms with Crippen molar-refractivity contribution in [2.75, 3.05) is 11.1 Å². The van der Waals surface area contributed by atoms with Crippen LogP contribution in [0.1, 0.15) is 35.8 Å². The largest absolute Gasteiger partial charge is 0.379 e. The first-order valence-corrected chi connectivity index (χ1v) is 9.01. The summed E-state index contributed by atoms with van der Waals surface area (Å²) >= 11 is 1.48. The molecule has 3 N–H and O–H groups in total. The highest BCUT2D eigenvalue weighted by Gasteiger charge is 2.35. The van der Waals surface area contributed by atoms with Crippen LogP contribution in [-0.4, -0.2) is 26.6 Å². The molecule has 2 aromatic rings. The topological polar surface area (TPSA) is 85.3 Å². The molecule has 0 fully saturated rings. The average Bonchev–Trinajstić information content (AvgIpc) is 3.03. The van der Waals surface area contributed by atoms with E-state index in [1.54, 1.807) is 30.1 Å². The van der Waals surface area contributed by atoms with E-state index in [2.05, 4.69) is 15.4 Å². The second-order valence-electron chi connectivity index (χ2n) is 5.96. The van der Waals surface area contributed by atoms with Crippen LogP contribution in [0, 0.1) is 5.82 Å². The SMILES string of the molecule is CCC1(c2cc(NC(=O)c3ccn(C)n3)ccc2F)CCSC(N)=N1. The van der Waals surface area contributed by atoms with Gasteiger partial charge in [-0.25, -0.2) is 4.39 Å². The van der Waals surface area contributed by atoms with E-state index in [0.717, 1.165) is 5.75 Å². The van der Waals surface area contributed by atoms with E-state index in [4.69, 9.17) is 5.73 Å². The van der Waals surface area contributed by atoms with Crippen molar-refractivity contribution in [1.82, 2.24) is 9.78 Å². The summed E-state index contributed by atoms with van der Waals surface area (Å²) in [6, 6.07) is 6.16. The molecular weight excluding hydrogens is 341 g/mol. The first-order chi connectivity index (χ1) is 11.9. The smallest absolute Gasteiger partial charge is 0.276 e. The number of carbonyl (C=O) groups excluding carboxylic acids is 1. The average molecular weight is 361 g/mol. The number of aromatic nitrogens is 2. The van der Waals surface area contributed by atoms with E-state index < -0.39 is 5.54 Å². The molecule has 0 spiro atoms. The lowest BCUT2D eigenvalue weighted by atomic mass is 9.84. The number of halogens is 1.